The molecule has 2 atom stereocenters. The lowest BCUT2D eigenvalue weighted by atomic mass is 10.1. The third-order valence-corrected chi connectivity index (χ3v) is 5.88. The zero-order valence-corrected chi connectivity index (χ0v) is 14.7. The molecule has 0 aliphatic carbocycles. The van der Waals surface area contributed by atoms with Gasteiger partial charge in [-0.2, -0.15) is 11.3 Å². The first-order valence-corrected chi connectivity index (χ1v) is 9.38. The highest BCUT2D eigenvalue weighted by atomic mass is 32.1. The van der Waals surface area contributed by atoms with E-state index in [2.05, 4.69) is 29.2 Å². The maximum Gasteiger partial charge on any atom is 0.255 e. The molecule has 2 aliphatic heterocycles. The van der Waals surface area contributed by atoms with Gasteiger partial charge in [-0.15, -0.1) is 0 Å². The maximum absolute atomic E-state index is 12.8. The lowest BCUT2D eigenvalue weighted by Crippen LogP contribution is -2.50. The minimum atomic E-state index is 0.130. The molecule has 0 bridgehead atoms. The summed E-state index contributed by atoms with van der Waals surface area (Å²) in [4.78, 5) is 17.2. The molecule has 4 rings (SSSR count). The first-order valence-electron chi connectivity index (χ1n) is 8.44. The number of amides is 1. The number of likely N-dealkylation sites (tertiary alicyclic amines) is 1. The summed E-state index contributed by atoms with van der Waals surface area (Å²) in [7, 11) is 0. The van der Waals surface area contributed by atoms with Crippen molar-refractivity contribution in [2.24, 2.45) is 0 Å². The number of aryl methyl sites for hydroxylation is 1. The summed E-state index contributed by atoms with van der Waals surface area (Å²) in [5, 5.41) is 4.00. The predicted molar refractivity (Wildman–Crippen MR) is 95.3 cm³/mol. The molecule has 0 N–H and O–H groups in total. The summed E-state index contributed by atoms with van der Waals surface area (Å²) in [5.74, 6) is 0.145. The topological polar surface area (TPSA) is 32.8 Å². The van der Waals surface area contributed by atoms with Crippen molar-refractivity contribution in [3.63, 3.8) is 0 Å². The Bertz CT molecular complexity index is 715. The molecule has 1 aromatic heterocycles. The fourth-order valence-electron chi connectivity index (χ4n) is 3.69. The number of carbonyl (C=O) groups excluding carboxylic acids is 1. The van der Waals surface area contributed by atoms with Crippen LogP contribution in [0.3, 0.4) is 0 Å². The fraction of sp³-hybridized carbons (Fsp3) is 0.421. The van der Waals surface area contributed by atoms with E-state index in [1.165, 1.54) is 5.56 Å². The number of carbonyl (C=O) groups is 1. The van der Waals surface area contributed by atoms with Crippen LogP contribution in [0.25, 0.3) is 0 Å². The van der Waals surface area contributed by atoms with E-state index >= 15 is 0 Å². The molecule has 3 heterocycles. The largest absolute Gasteiger partial charge is 0.373 e. The molecule has 1 amide bonds. The molecule has 126 valence electrons. The van der Waals surface area contributed by atoms with Gasteiger partial charge < -0.3 is 9.64 Å². The van der Waals surface area contributed by atoms with Gasteiger partial charge in [-0.05, 0) is 23.4 Å². The zero-order valence-electron chi connectivity index (χ0n) is 13.9. The summed E-state index contributed by atoms with van der Waals surface area (Å²) < 4.78 is 5.96. The Morgan fingerprint density at radius 3 is 2.83 bits per heavy atom. The van der Waals surface area contributed by atoms with Gasteiger partial charge in [0.15, 0.2) is 0 Å². The van der Waals surface area contributed by atoms with Crippen molar-refractivity contribution in [2.45, 2.75) is 25.6 Å². The van der Waals surface area contributed by atoms with E-state index in [1.54, 1.807) is 11.3 Å². The summed E-state index contributed by atoms with van der Waals surface area (Å²) in [6.45, 7) is 6.05. The Hall–Kier alpha value is -1.69. The third kappa shape index (κ3) is 2.99. The number of nitrogens with zero attached hydrogens (tertiary/aromatic N) is 2. The molecule has 2 aromatic rings. The Morgan fingerprint density at radius 2 is 2.08 bits per heavy atom. The van der Waals surface area contributed by atoms with Crippen molar-refractivity contribution in [2.75, 3.05) is 26.2 Å². The van der Waals surface area contributed by atoms with Gasteiger partial charge in [-0.25, -0.2) is 0 Å². The monoisotopic (exact) mass is 342 g/mol. The number of rotatable bonds is 3. The normalized spacial score (nSPS) is 24.1. The number of thiophene rings is 1. The average molecular weight is 342 g/mol. The summed E-state index contributed by atoms with van der Waals surface area (Å²) >= 11 is 1.59. The summed E-state index contributed by atoms with van der Waals surface area (Å²) in [5.41, 5.74) is 3.23. The molecule has 0 radical (unpaired) electrons. The van der Waals surface area contributed by atoms with Gasteiger partial charge >= 0.3 is 0 Å². The highest BCUT2D eigenvalue weighted by molar-refractivity contribution is 7.08. The number of ether oxygens (including phenoxy) is 1. The highest BCUT2D eigenvalue weighted by Gasteiger charge is 2.42. The maximum atomic E-state index is 12.8. The number of hydrogen-bond donors (Lipinski definition) is 0. The van der Waals surface area contributed by atoms with Crippen molar-refractivity contribution in [3.05, 3.63) is 57.8 Å². The number of morpholine rings is 1. The Labute approximate surface area is 146 Å². The third-order valence-electron chi connectivity index (χ3n) is 5.02. The molecule has 2 saturated heterocycles. The molecule has 4 nitrogen and oxygen atoms in total. The first kappa shape index (κ1) is 15.8. The van der Waals surface area contributed by atoms with Crippen molar-refractivity contribution in [1.29, 1.82) is 0 Å². The van der Waals surface area contributed by atoms with Gasteiger partial charge in [-0.3, -0.25) is 9.69 Å². The molecular weight excluding hydrogens is 320 g/mol. The van der Waals surface area contributed by atoms with Crippen LogP contribution in [-0.4, -0.2) is 54.1 Å². The fourth-order valence-corrected chi connectivity index (χ4v) is 4.51. The highest BCUT2D eigenvalue weighted by Crippen LogP contribution is 2.27. The van der Waals surface area contributed by atoms with Crippen molar-refractivity contribution in [1.82, 2.24) is 9.80 Å². The minimum absolute atomic E-state index is 0.130. The quantitative estimate of drug-likeness (QED) is 0.860. The molecule has 0 saturated carbocycles. The molecular formula is C19H22N2O2S. The number of hydrogen-bond acceptors (Lipinski definition) is 4. The van der Waals surface area contributed by atoms with Gasteiger partial charge in [0, 0.05) is 31.6 Å². The van der Waals surface area contributed by atoms with Crippen LogP contribution in [0.2, 0.25) is 0 Å². The Morgan fingerprint density at radius 1 is 1.25 bits per heavy atom. The van der Waals surface area contributed by atoms with E-state index in [0.717, 1.165) is 37.4 Å². The van der Waals surface area contributed by atoms with Gasteiger partial charge in [0.1, 0.15) is 0 Å². The molecule has 0 spiro atoms. The average Bonchev–Trinajstić information content (AvgIpc) is 3.22. The van der Waals surface area contributed by atoms with Crippen LogP contribution in [0, 0.1) is 6.92 Å². The Balaban J connectivity index is 1.48. The smallest absolute Gasteiger partial charge is 0.255 e. The second-order valence-electron chi connectivity index (χ2n) is 6.61. The Kier molecular flexibility index (Phi) is 4.39. The van der Waals surface area contributed by atoms with Crippen LogP contribution >= 0.6 is 11.3 Å². The van der Waals surface area contributed by atoms with E-state index in [4.69, 9.17) is 4.74 Å². The van der Waals surface area contributed by atoms with E-state index in [1.807, 2.05) is 28.7 Å². The molecule has 5 heteroatoms. The van der Waals surface area contributed by atoms with Crippen LogP contribution in [0.4, 0.5) is 0 Å². The molecule has 1 aromatic carbocycles. The first-order chi connectivity index (χ1) is 11.7. The molecule has 2 aliphatic rings. The van der Waals surface area contributed by atoms with Gasteiger partial charge in [0.05, 0.1) is 24.3 Å². The lowest BCUT2D eigenvalue weighted by molar-refractivity contribution is -0.0503. The predicted octanol–water partition coefficient (Wildman–Crippen LogP) is 2.78. The second kappa shape index (κ2) is 6.67. The number of benzene rings is 1. The van der Waals surface area contributed by atoms with Gasteiger partial charge in [0.25, 0.3) is 5.91 Å². The molecule has 2 fully saturated rings. The SMILES string of the molecule is Cc1cscc1C(=O)N1C[C@H]2OCCN(Cc3ccccc3)[C@H]2C1. The summed E-state index contributed by atoms with van der Waals surface area (Å²) in [6.07, 6.45) is 0.130. The summed E-state index contributed by atoms with van der Waals surface area (Å²) in [6, 6.07) is 10.8. The van der Waals surface area contributed by atoms with Crippen LogP contribution < -0.4 is 0 Å². The van der Waals surface area contributed by atoms with Gasteiger partial charge in [0.2, 0.25) is 0 Å². The van der Waals surface area contributed by atoms with Gasteiger partial charge in [-0.1, -0.05) is 30.3 Å². The van der Waals surface area contributed by atoms with E-state index in [0.29, 0.717) is 12.6 Å². The second-order valence-corrected chi connectivity index (χ2v) is 7.35. The van der Waals surface area contributed by atoms with Crippen LogP contribution in [0.5, 0.6) is 0 Å². The lowest BCUT2D eigenvalue weighted by Gasteiger charge is -2.36. The van der Waals surface area contributed by atoms with Crippen LogP contribution in [0.15, 0.2) is 41.1 Å². The zero-order chi connectivity index (χ0) is 16.5. The van der Waals surface area contributed by atoms with E-state index < -0.39 is 0 Å². The van der Waals surface area contributed by atoms with Crippen LogP contribution in [0.1, 0.15) is 21.5 Å². The van der Waals surface area contributed by atoms with E-state index in [9.17, 15) is 4.79 Å². The molecule has 24 heavy (non-hydrogen) atoms. The minimum Gasteiger partial charge on any atom is -0.373 e. The van der Waals surface area contributed by atoms with Crippen LogP contribution in [-0.2, 0) is 11.3 Å². The van der Waals surface area contributed by atoms with Crippen molar-refractivity contribution >= 4 is 17.2 Å². The van der Waals surface area contributed by atoms with E-state index in [-0.39, 0.29) is 12.0 Å². The number of fused-ring (bicyclic) bond motifs is 1. The standard InChI is InChI=1S/C19H22N2O2S/c1-14-12-24-13-16(14)19(22)21-10-17-18(11-21)23-8-7-20(17)9-15-5-3-2-4-6-15/h2-6,12-13,17-18H,7-11H2,1H3/t17-,18+/m0/s1. The molecule has 0 unspecified atom stereocenters. The van der Waals surface area contributed by atoms with Crippen molar-refractivity contribution in [3.8, 4) is 0 Å². The van der Waals surface area contributed by atoms with Crippen molar-refractivity contribution < 1.29 is 9.53 Å².